The number of hydrogen-bond donors (Lipinski definition) is 0. The fraction of sp³-hybridized carbons (Fsp3) is 0.0408. The Balaban J connectivity index is 1.11. The lowest BCUT2D eigenvalue weighted by Gasteiger charge is -2.15. The SMILES string of the molecule is C1=CC(c2nc(-c3ccccc3)nc(-c3ccc(-n4c5ccccc5c5cc(-c6cccc7c6oc6ccccc67)ccc54)c4ccccc34)n2)=CCC1. The van der Waals surface area contributed by atoms with E-state index in [-0.39, 0.29) is 0 Å². The third-order valence-corrected chi connectivity index (χ3v) is 10.7. The first-order chi connectivity index (χ1) is 26.8. The van der Waals surface area contributed by atoms with Crippen LogP contribution in [0.25, 0.3) is 99.7 Å². The fourth-order valence-corrected chi connectivity index (χ4v) is 8.17. The van der Waals surface area contributed by atoms with E-state index < -0.39 is 0 Å². The van der Waals surface area contributed by atoms with E-state index in [1.54, 1.807) is 0 Å². The van der Waals surface area contributed by atoms with E-state index in [4.69, 9.17) is 19.4 Å². The average Bonchev–Trinajstić information content (AvgIpc) is 3.79. The van der Waals surface area contributed by atoms with Gasteiger partial charge in [-0.1, -0.05) is 133 Å². The largest absolute Gasteiger partial charge is 0.455 e. The van der Waals surface area contributed by atoms with Crippen molar-refractivity contribution in [2.75, 3.05) is 0 Å². The molecule has 0 radical (unpaired) electrons. The monoisotopic (exact) mass is 692 g/mol. The van der Waals surface area contributed by atoms with Crippen LogP contribution < -0.4 is 0 Å². The molecule has 0 bridgehead atoms. The summed E-state index contributed by atoms with van der Waals surface area (Å²) in [6, 6.07) is 53.3. The molecule has 1 aliphatic rings. The molecule has 1 aliphatic carbocycles. The number of allylic oxidation sites excluding steroid dienone is 4. The molecule has 0 amide bonds. The molecule has 0 saturated heterocycles. The average molecular weight is 693 g/mol. The molecule has 3 heterocycles. The van der Waals surface area contributed by atoms with Gasteiger partial charge in [0.2, 0.25) is 0 Å². The Bertz CT molecular complexity index is 3170. The lowest BCUT2D eigenvalue weighted by atomic mass is 10.00. The highest BCUT2D eigenvalue weighted by atomic mass is 16.3. The van der Waals surface area contributed by atoms with E-state index in [1.165, 1.54) is 10.8 Å². The summed E-state index contributed by atoms with van der Waals surface area (Å²) in [6.07, 6.45) is 8.55. The molecular formula is C49H32N4O. The minimum Gasteiger partial charge on any atom is -0.455 e. The zero-order chi connectivity index (χ0) is 35.6. The van der Waals surface area contributed by atoms with Gasteiger partial charge in [0, 0.05) is 49.2 Å². The van der Waals surface area contributed by atoms with Crippen LogP contribution in [0.15, 0.2) is 174 Å². The van der Waals surface area contributed by atoms with Crippen LogP contribution in [0.1, 0.15) is 18.7 Å². The number of hydrogen-bond acceptors (Lipinski definition) is 4. The lowest BCUT2D eigenvalue weighted by Crippen LogP contribution is -2.04. The summed E-state index contributed by atoms with van der Waals surface area (Å²) in [6.45, 7) is 0. The summed E-state index contributed by atoms with van der Waals surface area (Å²) < 4.78 is 8.85. The topological polar surface area (TPSA) is 56.7 Å². The second kappa shape index (κ2) is 12.2. The Hall–Kier alpha value is -7.11. The predicted molar refractivity (Wildman–Crippen MR) is 222 cm³/mol. The first-order valence-corrected chi connectivity index (χ1v) is 18.4. The molecule has 0 N–H and O–H groups in total. The summed E-state index contributed by atoms with van der Waals surface area (Å²) in [5, 5.41) is 6.85. The summed E-state index contributed by atoms with van der Waals surface area (Å²) >= 11 is 0. The van der Waals surface area contributed by atoms with E-state index in [0.29, 0.717) is 17.5 Å². The minimum atomic E-state index is 0.660. The smallest absolute Gasteiger partial charge is 0.164 e. The van der Waals surface area contributed by atoms with Crippen LogP contribution in [-0.2, 0) is 0 Å². The number of furan rings is 1. The van der Waals surface area contributed by atoms with Gasteiger partial charge in [0.1, 0.15) is 11.2 Å². The summed E-state index contributed by atoms with van der Waals surface area (Å²) in [7, 11) is 0. The summed E-state index contributed by atoms with van der Waals surface area (Å²) in [5.41, 5.74) is 10.4. The molecule has 0 saturated carbocycles. The normalized spacial score (nSPS) is 13.1. The first-order valence-electron chi connectivity index (χ1n) is 18.4. The van der Waals surface area contributed by atoms with Gasteiger partial charge < -0.3 is 8.98 Å². The Morgan fingerprint density at radius 1 is 0.463 bits per heavy atom. The van der Waals surface area contributed by atoms with Gasteiger partial charge in [0.15, 0.2) is 17.5 Å². The molecule has 3 aromatic heterocycles. The standard InChI is InChI=1S/C49H32N4O/c1-3-14-31(15-4-1)47-50-48(32-16-5-2-6-17-32)52-49(51-47)40-27-29-43(36-19-8-7-18-35(36)40)53-42-24-11-9-20-37(42)41-30-33(26-28-44(41)53)34-22-13-23-39-38-21-10-12-25-45(38)54-46(34)39/h1,3-5,7-30H,2,6H2. The van der Waals surface area contributed by atoms with Crippen molar-refractivity contribution in [1.29, 1.82) is 0 Å². The van der Waals surface area contributed by atoms with Crippen molar-refractivity contribution >= 4 is 60.1 Å². The van der Waals surface area contributed by atoms with Gasteiger partial charge >= 0.3 is 0 Å². The quantitative estimate of drug-likeness (QED) is 0.180. The molecule has 0 atom stereocenters. The molecule has 10 aromatic rings. The second-order valence-electron chi connectivity index (χ2n) is 13.9. The van der Waals surface area contributed by atoms with E-state index in [0.717, 1.165) is 90.1 Å². The van der Waals surface area contributed by atoms with Crippen LogP contribution in [-0.4, -0.2) is 19.5 Å². The Kier molecular flexibility index (Phi) is 6.92. The van der Waals surface area contributed by atoms with E-state index >= 15 is 0 Å². The van der Waals surface area contributed by atoms with Crippen molar-refractivity contribution in [3.63, 3.8) is 0 Å². The number of benzene rings is 7. The van der Waals surface area contributed by atoms with Crippen molar-refractivity contribution < 1.29 is 4.42 Å². The Labute approximate surface area is 311 Å². The molecule has 0 spiro atoms. The zero-order valence-corrected chi connectivity index (χ0v) is 29.3. The highest BCUT2D eigenvalue weighted by molar-refractivity contribution is 6.14. The maximum Gasteiger partial charge on any atom is 0.164 e. The molecule has 0 unspecified atom stereocenters. The maximum atomic E-state index is 6.46. The van der Waals surface area contributed by atoms with Crippen molar-refractivity contribution in [2.24, 2.45) is 0 Å². The van der Waals surface area contributed by atoms with Gasteiger partial charge in [-0.2, -0.15) is 0 Å². The number of rotatable bonds is 5. The molecule has 54 heavy (non-hydrogen) atoms. The van der Waals surface area contributed by atoms with E-state index in [9.17, 15) is 0 Å². The first kappa shape index (κ1) is 30.5. The molecular weight excluding hydrogens is 661 g/mol. The van der Waals surface area contributed by atoms with Gasteiger partial charge in [-0.3, -0.25) is 0 Å². The van der Waals surface area contributed by atoms with Gasteiger partial charge in [0.25, 0.3) is 0 Å². The maximum absolute atomic E-state index is 6.46. The van der Waals surface area contributed by atoms with Gasteiger partial charge in [-0.05, 0) is 60.2 Å². The van der Waals surface area contributed by atoms with Crippen LogP contribution >= 0.6 is 0 Å². The highest BCUT2D eigenvalue weighted by Crippen LogP contribution is 2.41. The number of fused-ring (bicyclic) bond motifs is 7. The van der Waals surface area contributed by atoms with E-state index in [1.807, 2.05) is 30.3 Å². The zero-order valence-electron chi connectivity index (χ0n) is 29.3. The predicted octanol–water partition coefficient (Wildman–Crippen LogP) is 12.8. The number of aromatic nitrogens is 4. The Morgan fingerprint density at radius 3 is 2.06 bits per heavy atom. The van der Waals surface area contributed by atoms with Crippen molar-refractivity contribution in [2.45, 2.75) is 12.8 Å². The van der Waals surface area contributed by atoms with Crippen LogP contribution in [0.3, 0.4) is 0 Å². The second-order valence-corrected chi connectivity index (χ2v) is 13.9. The van der Waals surface area contributed by atoms with Crippen molar-refractivity contribution in [1.82, 2.24) is 19.5 Å². The fourth-order valence-electron chi connectivity index (χ4n) is 8.17. The third kappa shape index (κ3) is 4.82. The molecule has 7 aromatic carbocycles. The molecule has 5 nitrogen and oxygen atoms in total. The molecule has 254 valence electrons. The van der Waals surface area contributed by atoms with Crippen LogP contribution in [0.4, 0.5) is 0 Å². The van der Waals surface area contributed by atoms with Gasteiger partial charge in [-0.15, -0.1) is 0 Å². The minimum absolute atomic E-state index is 0.660. The lowest BCUT2D eigenvalue weighted by molar-refractivity contribution is 0.670. The van der Waals surface area contributed by atoms with Crippen molar-refractivity contribution in [3.8, 4) is 39.6 Å². The van der Waals surface area contributed by atoms with Gasteiger partial charge in [-0.25, -0.2) is 15.0 Å². The summed E-state index contributed by atoms with van der Waals surface area (Å²) in [4.78, 5) is 15.2. The molecule has 0 aliphatic heterocycles. The highest BCUT2D eigenvalue weighted by Gasteiger charge is 2.20. The number of para-hydroxylation sites is 3. The van der Waals surface area contributed by atoms with E-state index in [2.05, 4.69) is 144 Å². The Morgan fingerprint density at radius 2 is 1.19 bits per heavy atom. The third-order valence-electron chi connectivity index (χ3n) is 10.7. The van der Waals surface area contributed by atoms with Crippen LogP contribution in [0.5, 0.6) is 0 Å². The number of nitrogens with zero attached hydrogens (tertiary/aromatic N) is 4. The summed E-state index contributed by atoms with van der Waals surface area (Å²) in [5.74, 6) is 2.02. The van der Waals surface area contributed by atoms with Crippen molar-refractivity contribution in [3.05, 3.63) is 176 Å². The van der Waals surface area contributed by atoms with Gasteiger partial charge in [0.05, 0.1) is 16.7 Å². The molecule has 5 heteroatoms. The molecule has 0 fully saturated rings. The van der Waals surface area contributed by atoms with Crippen LogP contribution in [0, 0.1) is 0 Å². The van der Waals surface area contributed by atoms with Crippen LogP contribution in [0.2, 0.25) is 0 Å². The molecule has 11 rings (SSSR count).